The van der Waals surface area contributed by atoms with Crippen LogP contribution >= 0.6 is 0 Å². The van der Waals surface area contributed by atoms with Gasteiger partial charge in [-0.2, -0.15) is 17.9 Å². The summed E-state index contributed by atoms with van der Waals surface area (Å²) >= 11 is 0. The highest BCUT2D eigenvalue weighted by molar-refractivity contribution is 7.89. The first-order valence-electron chi connectivity index (χ1n) is 7.74. The van der Waals surface area contributed by atoms with E-state index in [9.17, 15) is 26.4 Å². The first-order chi connectivity index (χ1) is 12.2. The minimum Gasteiger partial charge on any atom is -0.311 e. The molecule has 1 atom stereocenters. The standard InChI is InChI=1S/C17H15F3N2O3S/c18-17(19,20)12-5-4-8-14(11-12)26(24,25)21-15-9-10-22(16(15)23)13-6-2-1-3-7-13/h1-8,11,15,21H,9-10H2/t15-/m0/s1. The number of nitrogens with zero attached hydrogens (tertiary/aromatic N) is 1. The number of para-hydroxylation sites is 1. The van der Waals surface area contributed by atoms with Gasteiger partial charge in [-0.3, -0.25) is 4.79 Å². The van der Waals surface area contributed by atoms with E-state index in [1.165, 1.54) is 4.90 Å². The number of halogens is 3. The van der Waals surface area contributed by atoms with E-state index in [1.54, 1.807) is 30.3 Å². The summed E-state index contributed by atoms with van der Waals surface area (Å²) in [6.45, 7) is 0.318. The number of anilines is 1. The topological polar surface area (TPSA) is 66.5 Å². The smallest absolute Gasteiger partial charge is 0.311 e. The highest BCUT2D eigenvalue weighted by Gasteiger charge is 2.36. The van der Waals surface area contributed by atoms with Crippen molar-refractivity contribution in [2.24, 2.45) is 0 Å². The molecule has 2 aromatic carbocycles. The maximum absolute atomic E-state index is 12.8. The Bertz CT molecular complexity index is 914. The molecule has 1 amide bonds. The molecule has 0 aliphatic carbocycles. The van der Waals surface area contributed by atoms with Crippen molar-refractivity contribution >= 4 is 21.6 Å². The van der Waals surface area contributed by atoms with Crippen molar-refractivity contribution in [1.82, 2.24) is 4.72 Å². The number of carbonyl (C=O) groups is 1. The van der Waals surface area contributed by atoms with Crippen molar-refractivity contribution in [3.05, 3.63) is 60.2 Å². The Morgan fingerprint density at radius 3 is 2.38 bits per heavy atom. The lowest BCUT2D eigenvalue weighted by Crippen LogP contribution is -2.41. The van der Waals surface area contributed by atoms with Gasteiger partial charge in [-0.15, -0.1) is 0 Å². The van der Waals surface area contributed by atoms with Crippen LogP contribution in [0.5, 0.6) is 0 Å². The first-order valence-corrected chi connectivity index (χ1v) is 9.23. The van der Waals surface area contributed by atoms with E-state index in [4.69, 9.17) is 0 Å². The summed E-state index contributed by atoms with van der Waals surface area (Å²) < 4.78 is 65.4. The average Bonchev–Trinajstić information content (AvgIpc) is 2.95. The largest absolute Gasteiger partial charge is 0.416 e. The van der Waals surface area contributed by atoms with Crippen molar-refractivity contribution in [1.29, 1.82) is 0 Å². The number of nitrogens with one attached hydrogen (secondary N) is 1. The summed E-state index contributed by atoms with van der Waals surface area (Å²) in [6.07, 6.45) is -4.43. The van der Waals surface area contributed by atoms with Gasteiger partial charge in [0, 0.05) is 12.2 Å². The summed E-state index contributed by atoms with van der Waals surface area (Å²) in [5.74, 6) is -0.438. The predicted octanol–water partition coefficient (Wildman–Crippen LogP) is 2.79. The van der Waals surface area contributed by atoms with Crippen molar-refractivity contribution in [2.75, 3.05) is 11.4 Å². The Morgan fingerprint density at radius 2 is 1.73 bits per heavy atom. The predicted molar refractivity (Wildman–Crippen MR) is 89.0 cm³/mol. The number of carbonyl (C=O) groups excluding carboxylic acids is 1. The molecule has 0 bridgehead atoms. The molecule has 0 radical (unpaired) electrons. The molecule has 0 spiro atoms. The van der Waals surface area contributed by atoms with Crippen LogP contribution in [-0.2, 0) is 21.0 Å². The molecule has 26 heavy (non-hydrogen) atoms. The second kappa shape index (κ2) is 6.73. The monoisotopic (exact) mass is 384 g/mol. The quantitative estimate of drug-likeness (QED) is 0.882. The second-order valence-corrected chi connectivity index (χ2v) is 7.53. The van der Waals surface area contributed by atoms with Gasteiger partial charge in [0.1, 0.15) is 6.04 Å². The Hall–Kier alpha value is -2.39. The van der Waals surface area contributed by atoms with Crippen LogP contribution in [0.15, 0.2) is 59.5 Å². The number of hydrogen-bond donors (Lipinski definition) is 1. The Morgan fingerprint density at radius 1 is 1.04 bits per heavy atom. The average molecular weight is 384 g/mol. The van der Waals surface area contributed by atoms with Crippen LogP contribution in [-0.4, -0.2) is 26.9 Å². The third-order valence-corrected chi connectivity index (χ3v) is 5.51. The minimum atomic E-state index is -4.65. The maximum Gasteiger partial charge on any atom is 0.416 e. The van der Waals surface area contributed by atoms with Gasteiger partial charge in [-0.05, 0) is 36.8 Å². The van der Waals surface area contributed by atoms with Crippen molar-refractivity contribution < 1.29 is 26.4 Å². The van der Waals surface area contributed by atoms with E-state index >= 15 is 0 Å². The molecule has 0 unspecified atom stereocenters. The van der Waals surface area contributed by atoms with E-state index in [0.29, 0.717) is 18.3 Å². The molecular weight excluding hydrogens is 369 g/mol. The molecule has 1 aliphatic rings. The van der Waals surface area contributed by atoms with Crippen LogP contribution in [0.4, 0.5) is 18.9 Å². The van der Waals surface area contributed by atoms with Gasteiger partial charge in [-0.1, -0.05) is 24.3 Å². The molecule has 0 aromatic heterocycles. The normalized spacial score (nSPS) is 18.3. The summed E-state index contributed by atoms with van der Waals surface area (Å²) in [4.78, 5) is 13.4. The van der Waals surface area contributed by atoms with Gasteiger partial charge in [-0.25, -0.2) is 8.42 Å². The third-order valence-electron chi connectivity index (χ3n) is 4.04. The van der Waals surface area contributed by atoms with Crippen LogP contribution < -0.4 is 9.62 Å². The summed E-state index contributed by atoms with van der Waals surface area (Å²) in [7, 11) is -4.26. The third kappa shape index (κ3) is 3.73. The lowest BCUT2D eigenvalue weighted by atomic mass is 10.2. The minimum absolute atomic E-state index is 0.228. The van der Waals surface area contributed by atoms with Gasteiger partial charge in [0.15, 0.2) is 0 Å². The SMILES string of the molecule is O=C1[C@@H](NS(=O)(=O)c2cccc(C(F)(F)F)c2)CCN1c1ccccc1. The fourth-order valence-electron chi connectivity index (χ4n) is 2.75. The van der Waals surface area contributed by atoms with E-state index in [0.717, 1.165) is 18.2 Å². The van der Waals surface area contributed by atoms with Gasteiger partial charge in [0.2, 0.25) is 15.9 Å². The zero-order chi connectivity index (χ0) is 18.9. The lowest BCUT2D eigenvalue weighted by Gasteiger charge is -2.17. The zero-order valence-corrected chi connectivity index (χ0v) is 14.2. The van der Waals surface area contributed by atoms with Crippen LogP contribution in [0.1, 0.15) is 12.0 Å². The van der Waals surface area contributed by atoms with E-state index in [1.807, 2.05) is 0 Å². The molecule has 138 valence electrons. The zero-order valence-electron chi connectivity index (χ0n) is 13.4. The number of benzene rings is 2. The van der Waals surface area contributed by atoms with E-state index in [2.05, 4.69) is 4.72 Å². The molecule has 1 saturated heterocycles. The van der Waals surface area contributed by atoms with Crippen molar-refractivity contribution in [2.45, 2.75) is 23.5 Å². The summed E-state index contributed by atoms with van der Waals surface area (Å²) in [5.41, 5.74) is -0.428. The van der Waals surface area contributed by atoms with Crippen LogP contribution in [0.3, 0.4) is 0 Å². The first kappa shape index (κ1) is 18.4. The highest BCUT2D eigenvalue weighted by Crippen LogP contribution is 2.30. The van der Waals surface area contributed by atoms with Crippen molar-refractivity contribution in [3.63, 3.8) is 0 Å². The molecular formula is C17H15F3N2O3S. The molecule has 9 heteroatoms. The Labute approximate surface area is 148 Å². The maximum atomic E-state index is 12.8. The van der Waals surface area contributed by atoms with Crippen LogP contribution in [0, 0.1) is 0 Å². The Kier molecular flexibility index (Phi) is 4.76. The lowest BCUT2D eigenvalue weighted by molar-refractivity contribution is -0.137. The molecule has 1 fully saturated rings. The Balaban J connectivity index is 1.80. The fourth-order valence-corrected chi connectivity index (χ4v) is 4.02. The molecule has 1 heterocycles. The molecule has 2 aromatic rings. The molecule has 3 rings (SSSR count). The van der Waals surface area contributed by atoms with Gasteiger partial charge in [0.25, 0.3) is 0 Å². The number of hydrogen-bond acceptors (Lipinski definition) is 3. The van der Waals surface area contributed by atoms with Gasteiger partial charge >= 0.3 is 6.18 Å². The van der Waals surface area contributed by atoms with Gasteiger partial charge < -0.3 is 4.90 Å². The number of amides is 1. The molecule has 1 N–H and O–H groups in total. The fraction of sp³-hybridized carbons (Fsp3) is 0.235. The highest BCUT2D eigenvalue weighted by atomic mass is 32.2. The summed E-state index contributed by atoms with van der Waals surface area (Å²) in [5, 5.41) is 0. The van der Waals surface area contributed by atoms with Crippen LogP contribution in [0.25, 0.3) is 0 Å². The molecule has 0 saturated carbocycles. The van der Waals surface area contributed by atoms with E-state index in [-0.39, 0.29) is 6.42 Å². The molecule has 5 nitrogen and oxygen atoms in total. The summed E-state index contributed by atoms with van der Waals surface area (Å²) in [6, 6.07) is 11.1. The van der Waals surface area contributed by atoms with Crippen molar-refractivity contribution in [3.8, 4) is 0 Å². The number of sulfonamides is 1. The van der Waals surface area contributed by atoms with Gasteiger partial charge in [0.05, 0.1) is 10.5 Å². The van der Waals surface area contributed by atoms with E-state index < -0.39 is 38.6 Å². The number of rotatable bonds is 4. The number of alkyl halides is 3. The second-order valence-electron chi connectivity index (χ2n) is 5.81. The molecule has 1 aliphatic heterocycles. The van der Waals surface area contributed by atoms with Crippen LogP contribution in [0.2, 0.25) is 0 Å².